The van der Waals surface area contributed by atoms with Gasteiger partial charge >= 0.3 is 9.53 Å². The molecule has 0 aromatic heterocycles. The quantitative estimate of drug-likeness (QED) is 0.358. The van der Waals surface area contributed by atoms with Crippen molar-refractivity contribution < 1.29 is 22.8 Å². The number of hydrogen-bond donors (Lipinski definition) is 0. The molecule has 0 aromatic rings. The summed E-state index contributed by atoms with van der Waals surface area (Å²) in [5, 5.41) is 8.09. The van der Waals surface area contributed by atoms with Gasteiger partial charge in [-0.1, -0.05) is 0 Å². The van der Waals surface area contributed by atoms with Crippen molar-refractivity contribution in [3.05, 3.63) is 0 Å². The van der Waals surface area contributed by atoms with E-state index in [2.05, 4.69) is 0 Å². The second-order valence-corrected chi connectivity index (χ2v) is 4.93. The zero-order valence-electron chi connectivity index (χ0n) is 9.97. The molecule has 0 aliphatic carbocycles. The first kappa shape index (κ1) is 15.5. The summed E-state index contributed by atoms with van der Waals surface area (Å²) in [6, 6.07) is 2.00. The van der Waals surface area contributed by atoms with Gasteiger partial charge in [0, 0.05) is 21.3 Å². The SMILES string of the molecule is CO[SiH](OC)OC.N#CCCOCC1CO1. The highest BCUT2D eigenvalue weighted by Gasteiger charge is 2.21. The van der Waals surface area contributed by atoms with Crippen LogP contribution in [0.2, 0.25) is 0 Å². The van der Waals surface area contributed by atoms with Gasteiger partial charge in [0.25, 0.3) is 0 Å². The molecule has 1 saturated heterocycles. The lowest BCUT2D eigenvalue weighted by Crippen LogP contribution is -2.21. The lowest BCUT2D eigenvalue weighted by Gasteiger charge is -2.05. The first-order chi connectivity index (χ1) is 7.78. The summed E-state index contributed by atoms with van der Waals surface area (Å²) < 4.78 is 24.2. The van der Waals surface area contributed by atoms with E-state index in [4.69, 9.17) is 28.0 Å². The summed E-state index contributed by atoms with van der Waals surface area (Å²) >= 11 is 0. The van der Waals surface area contributed by atoms with Crippen LogP contribution < -0.4 is 0 Å². The Labute approximate surface area is 98.0 Å². The first-order valence-corrected chi connectivity index (χ1v) is 6.34. The van der Waals surface area contributed by atoms with Crippen LogP contribution in [0.5, 0.6) is 0 Å². The van der Waals surface area contributed by atoms with Crippen molar-refractivity contribution in [3.8, 4) is 6.07 Å². The average Bonchev–Trinajstić information content (AvgIpc) is 3.12. The number of ether oxygens (including phenoxy) is 2. The van der Waals surface area contributed by atoms with Crippen LogP contribution >= 0.6 is 0 Å². The highest BCUT2D eigenvalue weighted by Crippen LogP contribution is 2.08. The number of rotatable bonds is 7. The lowest BCUT2D eigenvalue weighted by molar-refractivity contribution is 0.121. The molecule has 0 radical (unpaired) electrons. The summed E-state index contributed by atoms with van der Waals surface area (Å²) in [4.78, 5) is 0. The minimum absolute atomic E-state index is 0.323. The third kappa shape index (κ3) is 10.0. The Hall–Kier alpha value is -0.493. The molecule has 94 valence electrons. The van der Waals surface area contributed by atoms with Crippen molar-refractivity contribution in [1.29, 1.82) is 5.26 Å². The molecule has 16 heavy (non-hydrogen) atoms. The molecule has 1 heterocycles. The van der Waals surface area contributed by atoms with Gasteiger partial charge in [-0.3, -0.25) is 0 Å². The van der Waals surface area contributed by atoms with Crippen LogP contribution in [0.3, 0.4) is 0 Å². The molecule has 0 saturated carbocycles. The Kier molecular flexibility index (Phi) is 10.7. The number of nitrogens with zero attached hydrogens (tertiary/aromatic N) is 1. The number of hydrogen-bond acceptors (Lipinski definition) is 6. The van der Waals surface area contributed by atoms with Crippen LogP contribution in [0, 0.1) is 11.3 Å². The first-order valence-electron chi connectivity index (χ1n) is 4.93. The molecule has 7 heteroatoms. The van der Waals surface area contributed by atoms with Crippen molar-refractivity contribution >= 4 is 9.53 Å². The zero-order valence-corrected chi connectivity index (χ0v) is 11.1. The smallest absolute Gasteiger partial charge is 0.379 e. The largest absolute Gasteiger partial charge is 0.483 e. The van der Waals surface area contributed by atoms with Gasteiger partial charge in [-0.2, -0.15) is 5.26 Å². The fourth-order valence-electron chi connectivity index (χ4n) is 0.786. The maximum atomic E-state index is 8.09. The molecular weight excluding hydrogens is 230 g/mol. The van der Waals surface area contributed by atoms with E-state index in [1.54, 1.807) is 21.3 Å². The molecule has 1 aliphatic heterocycles. The van der Waals surface area contributed by atoms with Gasteiger partial charge in [0.2, 0.25) is 0 Å². The van der Waals surface area contributed by atoms with Gasteiger partial charge in [-0.15, -0.1) is 0 Å². The van der Waals surface area contributed by atoms with Crippen molar-refractivity contribution in [3.63, 3.8) is 0 Å². The Morgan fingerprint density at radius 2 is 1.88 bits per heavy atom. The average molecular weight is 249 g/mol. The monoisotopic (exact) mass is 249 g/mol. The van der Waals surface area contributed by atoms with Crippen LogP contribution in [0.4, 0.5) is 0 Å². The van der Waals surface area contributed by atoms with E-state index < -0.39 is 9.53 Å². The number of nitriles is 1. The molecule has 0 amide bonds. The summed E-state index contributed by atoms with van der Waals surface area (Å²) in [6.07, 6.45) is 0.802. The Morgan fingerprint density at radius 3 is 2.19 bits per heavy atom. The van der Waals surface area contributed by atoms with Crippen molar-refractivity contribution in [2.24, 2.45) is 0 Å². The standard InChI is InChI=1S/C6H9NO2.C3H10O3Si/c7-2-1-3-8-4-6-5-9-6;1-4-7(5-2)6-3/h6H,1,3-5H2;7H,1-3H3. The summed E-state index contributed by atoms with van der Waals surface area (Å²) in [5.41, 5.74) is 0. The molecule has 6 nitrogen and oxygen atoms in total. The van der Waals surface area contributed by atoms with Gasteiger partial charge in [0.05, 0.1) is 32.3 Å². The van der Waals surface area contributed by atoms with E-state index in [1.807, 2.05) is 6.07 Å². The van der Waals surface area contributed by atoms with Gasteiger partial charge < -0.3 is 22.8 Å². The van der Waals surface area contributed by atoms with Crippen LogP contribution in [0.1, 0.15) is 6.42 Å². The van der Waals surface area contributed by atoms with Crippen molar-refractivity contribution in [1.82, 2.24) is 0 Å². The van der Waals surface area contributed by atoms with Gasteiger partial charge in [-0.05, 0) is 0 Å². The molecule has 0 aromatic carbocycles. The van der Waals surface area contributed by atoms with Crippen LogP contribution in [0.15, 0.2) is 0 Å². The van der Waals surface area contributed by atoms with Crippen LogP contribution in [0.25, 0.3) is 0 Å². The third-order valence-corrected chi connectivity index (χ3v) is 2.80. The Balaban J connectivity index is 0.000000293. The highest BCUT2D eigenvalue weighted by atomic mass is 28.3. The third-order valence-electron chi connectivity index (χ3n) is 1.64. The van der Waals surface area contributed by atoms with E-state index in [9.17, 15) is 0 Å². The second kappa shape index (κ2) is 11.0. The summed E-state index contributed by atoms with van der Waals surface area (Å²) in [5.74, 6) is 0. The van der Waals surface area contributed by atoms with E-state index >= 15 is 0 Å². The summed E-state index contributed by atoms with van der Waals surface area (Å²) in [6.45, 7) is 2.02. The molecule has 1 aliphatic rings. The molecule has 0 N–H and O–H groups in total. The molecule has 1 fully saturated rings. The molecule has 1 atom stereocenters. The highest BCUT2D eigenvalue weighted by molar-refractivity contribution is 6.36. The van der Waals surface area contributed by atoms with E-state index in [0.717, 1.165) is 6.61 Å². The molecule has 0 spiro atoms. The zero-order chi connectivity index (χ0) is 12.2. The lowest BCUT2D eigenvalue weighted by atomic mass is 10.5. The molecule has 1 rings (SSSR count). The predicted molar refractivity (Wildman–Crippen MR) is 59.0 cm³/mol. The maximum Gasteiger partial charge on any atom is 0.483 e. The van der Waals surface area contributed by atoms with Gasteiger partial charge in [0.15, 0.2) is 0 Å². The van der Waals surface area contributed by atoms with Crippen molar-refractivity contribution in [2.75, 3.05) is 41.2 Å². The molecule has 1 unspecified atom stereocenters. The van der Waals surface area contributed by atoms with Gasteiger partial charge in [0.1, 0.15) is 6.10 Å². The van der Waals surface area contributed by atoms with E-state index in [-0.39, 0.29) is 0 Å². The van der Waals surface area contributed by atoms with E-state index in [1.165, 1.54) is 0 Å². The molecular formula is C9H19NO5Si. The predicted octanol–water partition coefficient (Wildman–Crippen LogP) is -0.0417. The fourth-order valence-corrected chi connectivity index (χ4v) is 1.36. The van der Waals surface area contributed by atoms with E-state index in [0.29, 0.717) is 25.7 Å². The Bertz CT molecular complexity index is 185. The van der Waals surface area contributed by atoms with Crippen LogP contribution in [-0.4, -0.2) is 56.8 Å². The second-order valence-electron chi connectivity index (χ2n) is 2.93. The maximum absolute atomic E-state index is 8.09. The van der Waals surface area contributed by atoms with Gasteiger partial charge in [-0.25, -0.2) is 0 Å². The minimum Gasteiger partial charge on any atom is -0.379 e. The Morgan fingerprint density at radius 1 is 1.31 bits per heavy atom. The molecule has 0 bridgehead atoms. The van der Waals surface area contributed by atoms with Crippen LogP contribution in [-0.2, 0) is 22.8 Å². The fraction of sp³-hybridized carbons (Fsp3) is 0.889. The minimum atomic E-state index is -1.67. The normalized spacial score (nSPS) is 17.6. The van der Waals surface area contributed by atoms with Crippen molar-refractivity contribution in [2.45, 2.75) is 12.5 Å². The number of epoxide rings is 1. The summed E-state index contributed by atoms with van der Waals surface area (Å²) in [7, 11) is 3.05. The topological polar surface area (TPSA) is 73.2 Å².